The van der Waals surface area contributed by atoms with E-state index < -0.39 is 9.75 Å². The number of aryl methyl sites for hydroxylation is 1. The molecular weight excluding hydrogens is 333 g/mol. The van der Waals surface area contributed by atoms with Crippen molar-refractivity contribution in [2.75, 3.05) is 5.32 Å². The Morgan fingerprint density at radius 2 is 1.87 bits per heavy atom. The molecule has 1 fully saturated rings. The number of amides is 1. The first kappa shape index (κ1) is 16.3. The van der Waals surface area contributed by atoms with Gasteiger partial charge in [-0.3, -0.25) is 4.79 Å². The fourth-order valence-electron chi connectivity index (χ4n) is 2.52. The molecule has 2 aromatic rings. The molecule has 122 valence electrons. The van der Waals surface area contributed by atoms with Crippen LogP contribution in [0.3, 0.4) is 0 Å². The van der Waals surface area contributed by atoms with E-state index in [1.807, 2.05) is 0 Å². The maximum atomic E-state index is 12.4. The van der Waals surface area contributed by atoms with Gasteiger partial charge in [0.15, 0.2) is 0 Å². The molecule has 1 N–H and O–H groups in total. The molecular formula is C17H19Cl2N3O. The lowest BCUT2D eigenvalue weighted by atomic mass is 10.1. The fourth-order valence-corrected chi connectivity index (χ4v) is 3.22. The first-order valence-electron chi connectivity index (χ1n) is 7.64. The predicted octanol–water partition coefficient (Wildman–Crippen LogP) is 4.02. The molecule has 6 heteroatoms. The fraction of sp³-hybridized carbons (Fsp3) is 0.412. The number of carbonyl (C=O) groups is 1. The van der Waals surface area contributed by atoms with Gasteiger partial charge in [0, 0.05) is 6.07 Å². The molecule has 1 aliphatic carbocycles. The zero-order valence-corrected chi connectivity index (χ0v) is 14.7. The van der Waals surface area contributed by atoms with E-state index >= 15 is 0 Å². The number of benzene rings is 1. The minimum Gasteiger partial charge on any atom is -0.310 e. The number of halogens is 2. The SMILES string of the molecule is CCc1ccc(Cn2nccc2NC(=O)C2(C)CC2(Cl)Cl)cc1. The molecule has 0 saturated heterocycles. The van der Waals surface area contributed by atoms with Crippen LogP contribution < -0.4 is 5.32 Å². The number of hydrogen-bond donors (Lipinski definition) is 1. The van der Waals surface area contributed by atoms with Crippen molar-refractivity contribution >= 4 is 34.9 Å². The van der Waals surface area contributed by atoms with Gasteiger partial charge >= 0.3 is 0 Å². The highest BCUT2D eigenvalue weighted by Crippen LogP contribution is 2.64. The lowest BCUT2D eigenvalue weighted by molar-refractivity contribution is -0.120. The molecule has 0 bridgehead atoms. The van der Waals surface area contributed by atoms with E-state index in [1.54, 1.807) is 23.9 Å². The molecule has 0 aliphatic heterocycles. The summed E-state index contributed by atoms with van der Waals surface area (Å²) in [6.45, 7) is 4.49. The van der Waals surface area contributed by atoms with Crippen LogP contribution in [0.25, 0.3) is 0 Å². The second kappa shape index (κ2) is 5.84. The molecule has 4 nitrogen and oxygen atoms in total. The smallest absolute Gasteiger partial charge is 0.234 e. The molecule has 3 rings (SSSR count). The van der Waals surface area contributed by atoms with Crippen molar-refractivity contribution in [2.45, 2.75) is 37.6 Å². The van der Waals surface area contributed by atoms with Gasteiger partial charge in [0.1, 0.15) is 10.2 Å². The number of anilines is 1. The van der Waals surface area contributed by atoms with Gasteiger partial charge in [0.2, 0.25) is 5.91 Å². The van der Waals surface area contributed by atoms with Crippen LogP contribution in [0.2, 0.25) is 0 Å². The lowest BCUT2D eigenvalue weighted by Crippen LogP contribution is -2.27. The standard InChI is InChI=1S/C17H19Cl2N3O/c1-3-12-4-6-13(7-5-12)10-22-14(8-9-20-22)21-15(23)16(2)11-17(16,18)19/h4-9H,3,10-11H2,1-2H3,(H,21,23). The summed E-state index contributed by atoms with van der Waals surface area (Å²) < 4.78 is 0.784. The summed E-state index contributed by atoms with van der Waals surface area (Å²) in [5.74, 6) is 0.470. The summed E-state index contributed by atoms with van der Waals surface area (Å²) >= 11 is 12.1. The zero-order valence-electron chi connectivity index (χ0n) is 13.1. The van der Waals surface area contributed by atoms with Gasteiger partial charge in [0.05, 0.1) is 18.2 Å². The number of aromatic nitrogens is 2. The number of carbonyl (C=O) groups excluding carboxylic acids is 1. The van der Waals surface area contributed by atoms with Crippen molar-refractivity contribution in [1.82, 2.24) is 9.78 Å². The molecule has 1 aromatic carbocycles. The molecule has 1 aliphatic rings. The van der Waals surface area contributed by atoms with Crippen molar-refractivity contribution in [3.8, 4) is 0 Å². The summed E-state index contributed by atoms with van der Waals surface area (Å²) in [5.41, 5.74) is 1.68. The zero-order chi connectivity index (χ0) is 16.7. The first-order valence-corrected chi connectivity index (χ1v) is 8.40. The summed E-state index contributed by atoms with van der Waals surface area (Å²) in [6.07, 6.45) is 3.14. The van der Waals surface area contributed by atoms with Gasteiger partial charge in [0.25, 0.3) is 0 Å². The van der Waals surface area contributed by atoms with E-state index in [1.165, 1.54) is 5.56 Å². The van der Waals surface area contributed by atoms with Crippen LogP contribution in [0.5, 0.6) is 0 Å². The van der Waals surface area contributed by atoms with Gasteiger partial charge in [-0.05, 0) is 30.9 Å². The van der Waals surface area contributed by atoms with E-state index in [0.717, 1.165) is 12.0 Å². The van der Waals surface area contributed by atoms with Crippen molar-refractivity contribution < 1.29 is 4.79 Å². The molecule has 0 radical (unpaired) electrons. The normalized spacial score (nSPS) is 21.9. The quantitative estimate of drug-likeness (QED) is 0.827. The molecule has 1 saturated carbocycles. The molecule has 1 unspecified atom stereocenters. The highest BCUT2D eigenvalue weighted by Gasteiger charge is 2.68. The molecule has 1 aromatic heterocycles. The van der Waals surface area contributed by atoms with E-state index in [-0.39, 0.29) is 5.91 Å². The maximum Gasteiger partial charge on any atom is 0.234 e. The van der Waals surface area contributed by atoms with Crippen molar-refractivity contribution in [3.05, 3.63) is 47.7 Å². The largest absolute Gasteiger partial charge is 0.310 e. The second-order valence-electron chi connectivity index (χ2n) is 6.21. The van der Waals surface area contributed by atoms with Crippen LogP contribution in [-0.2, 0) is 17.8 Å². The lowest BCUT2D eigenvalue weighted by Gasteiger charge is -2.14. The van der Waals surface area contributed by atoms with Crippen molar-refractivity contribution in [2.24, 2.45) is 5.41 Å². The Hall–Kier alpha value is -1.52. The van der Waals surface area contributed by atoms with E-state index in [0.29, 0.717) is 18.8 Å². The Morgan fingerprint density at radius 1 is 1.26 bits per heavy atom. The Balaban J connectivity index is 1.71. The summed E-state index contributed by atoms with van der Waals surface area (Å²) in [5, 5.41) is 7.17. The van der Waals surface area contributed by atoms with Gasteiger partial charge < -0.3 is 5.32 Å². The monoisotopic (exact) mass is 351 g/mol. The number of nitrogens with one attached hydrogen (secondary N) is 1. The van der Waals surface area contributed by atoms with Crippen LogP contribution in [-0.4, -0.2) is 20.0 Å². The van der Waals surface area contributed by atoms with E-state index in [9.17, 15) is 4.79 Å². The van der Waals surface area contributed by atoms with Gasteiger partial charge in [-0.1, -0.05) is 31.2 Å². The van der Waals surface area contributed by atoms with Crippen LogP contribution >= 0.6 is 23.2 Å². The highest BCUT2D eigenvalue weighted by molar-refractivity contribution is 6.53. The Labute approximate surface area is 145 Å². The van der Waals surface area contributed by atoms with Gasteiger partial charge in [-0.15, -0.1) is 23.2 Å². The third-order valence-electron chi connectivity index (χ3n) is 4.48. The Bertz CT molecular complexity index is 724. The van der Waals surface area contributed by atoms with E-state index in [4.69, 9.17) is 23.2 Å². The van der Waals surface area contributed by atoms with Crippen LogP contribution in [0.4, 0.5) is 5.82 Å². The van der Waals surface area contributed by atoms with Crippen molar-refractivity contribution in [1.29, 1.82) is 0 Å². The number of rotatable bonds is 5. The Kier molecular flexibility index (Phi) is 4.15. The van der Waals surface area contributed by atoms with E-state index in [2.05, 4.69) is 41.6 Å². The van der Waals surface area contributed by atoms with Gasteiger partial charge in [-0.25, -0.2) is 4.68 Å². The third-order valence-corrected chi connectivity index (χ3v) is 5.58. The first-order chi connectivity index (χ1) is 10.9. The topological polar surface area (TPSA) is 46.9 Å². The molecule has 0 spiro atoms. The minimum absolute atomic E-state index is 0.175. The van der Waals surface area contributed by atoms with Crippen molar-refractivity contribution in [3.63, 3.8) is 0 Å². The Morgan fingerprint density at radius 3 is 2.43 bits per heavy atom. The summed E-state index contributed by atoms with van der Waals surface area (Å²) in [7, 11) is 0. The number of alkyl halides is 2. The van der Waals surface area contributed by atoms with Gasteiger partial charge in [-0.2, -0.15) is 5.10 Å². The number of hydrogen-bond acceptors (Lipinski definition) is 2. The van der Waals surface area contributed by atoms with Crippen LogP contribution in [0, 0.1) is 5.41 Å². The van der Waals surface area contributed by atoms with Crippen LogP contribution in [0.1, 0.15) is 31.4 Å². The molecule has 1 atom stereocenters. The average molecular weight is 352 g/mol. The average Bonchev–Trinajstić information content (AvgIpc) is 2.83. The van der Waals surface area contributed by atoms with Crippen LogP contribution in [0.15, 0.2) is 36.5 Å². The number of nitrogens with zero attached hydrogens (tertiary/aromatic N) is 2. The molecule has 23 heavy (non-hydrogen) atoms. The minimum atomic E-state index is -0.974. The summed E-state index contributed by atoms with van der Waals surface area (Å²) in [4.78, 5) is 12.4. The molecule has 1 amide bonds. The summed E-state index contributed by atoms with van der Waals surface area (Å²) in [6, 6.07) is 10.2. The predicted molar refractivity (Wildman–Crippen MR) is 92.9 cm³/mol. The highest BCUT2D eigenvalue weighted by atomic mass is 35.5. The third kappa shape index (κ3) is 3.10. The molecule has 1 heterocycles. The maximum absolute atomic E-state index is 12.4. The second-order valence-corrected chi connectivity index (χ2v) is 7.70.